The molecule has 2 heterocycles. The Labute approximate surface area is 204 Å². The fourth-order valence-electron chi connectivity index (χ4n) is 5.38. The van der Waals surface area contributed by atoms with Crippen LogP contribution in [0, 0.1) is 6.92 Å². The van der Waals surface area contributed by atoms with Crippen molar-refractivity contribution < 1.29 is 14.3 Å². The minimum Gasteiger partial charge on any atom is -0.507 e. The molecule has 2 aliphatic carbocycles. The van der Waals surface area contributed by atoms with E-state index >= 15 is 0 Å². The summed E-state index contributed by atoms with van der Waals surface area (Å²) in [7, 11) is -1.89. The second kappa shape index (κ2) is 8.52. The third-order valence-electron chi connectivity index (χ3n) is 8.59. The highest BCUT2D eigenvalue weighted by molar-refractivity contribution is 6.74. The van der Waals surface area contributed by atoms with Crippen LogP contribution in [-0.2, 0) is 17.3 Å². The highest BCUT2D eigenvalue weighted by Gasteiger charge is 2.43. The number of ether oxygens (including phenoxy) is 1. The van der Waals surface area contributed by atoms with Gasteiger partial charge in [0.05, 0.1) is 18.7 Å². The van der Waals surface area contributed by atoms with E-state index in [0.717, 1.165) is 60.5 Å². The van der Waals surface area contributed by atoms with Gasteiger partial charge in [0, 0.05) is 11.1 Å². The maximum Gasteiger partial charge on any atom is 0.194 e. The molecule has 1 fully saturated rings. The van der Waals surface area contributed by atoms with E-state index in [1.807, 2.05) is 13.0 Å². The molecule has 6 nitrogen and oxygen atoms in total. The molecule has 0 amide bonds. The number of aromatic hydroxyl groups is 1. The number of phenols is 1. The average Bonchev–Trinajstić information content (AvgIpc) is 2.75. The fraction of sp³-hybridized carbons (Fsp3) is 0.630. The predicted molar refractivity (Wildman–Crippen MR) is 138 cm³/mol. The zero-order valence-corrected chi connectivity index (χ0v) is 22.6. The van der Waals surface area contributed by atoms with Gasteiger partial charge in [-0.25, -0.2) is 0 Å². The Kier molecular flexibility index (Phi) is 5.92. The number of hydrogen-bond acceptors (Lipinski definition) is 6. The Hall–Kier alpha value is -2.12. The molecule has 1 saturated carbocycles. The number of phenolic OH excluding ortho intramolecular Hbond substituents is 1. The highest BCUT2D eigenvalue weighted by Crippen LogP contribution is 2.45. The number of anilines is 1. The minimum absolute atomic E-state index is 0.183. The first-order chi connectivity index (χ1) is 16.1. The topological polar surface area (TPSA) is 67.7 Å². The largest absolute Gasteiger partial charge is 0.507 e. The van der Waals surface area contributed by atoms with Crippen molar-refractivity contribution in [2.24, 2.45) is 0 Å². The van der Waals surface area contributed by atoms with E-state index in [9.17, 15) is 5.11 Å². The molecule has 5 rings (SSSR count). The summed E-state index contributed by atoms with van der Waals surface area (Å²) in [5.74, 6) is 1.98. The minimum atomic E-state index is -1.89. The summed E-state index contributed by atoms with van der Waals surface area (Å²) in [5, 5.41) is 20.4. The third kappa shape index (κ3) is 3.90. The van der Waals surface area contributed by atoms with Crippen LogP contribution >= 0.6 is 0 Å². The van der Waals surface area contributed by atoms with Crippen molar-refractivity contribution >= 4 is 14.1 Å². The number of fused-ring (bicyclic) bond motifs is 2. The summed E-state index contributed by atoms with van der Waals surface area (Å²) in [6.45, 7) is 15.1. The van der Waals surface area contributed by atoms with Crippen molar-refractivity contribution in [3.63, 3.8) is 0 Å². The molecule has 1 aromatic heterocycles. The van der Waals surface area contributed by atoms with Crippen LogP contribution in [-0.4, -0.2) is 48.9 Å². The van der Waals surface area contributed by atoms with Gasteiger partial charge in [-0.2, -0.15) is 0 Å². The van der Waals surface area contributed by atoms with E-state index in [1.54, 1.807) is 0 Å². The van der Waals surface area contributed by atoms with Crippen LogP contribution in [0.1, 0.15) is 63.1 Å². The van der Waals surface area contributed by atoms with Gasteiger partial charge >= 0.3 is 0 Å². The Morgan fingerprint density at radius 2 is 1.88 bits per heavy atom. The Bertz CT molecular complexity index is 1100. The molecule has 1 aliphatic heterocycles. The maximum absolute atomic E-state index is 10.8. The first-order valence-corrected chi connectivity index (χ1v) is 15.8. The number of aromatic nitrogens is 2. The van der Waals surface area contributed by atoms with E-state index < -0.39 is 8.32 Å². The quantitative estimate of drug-likeness (QED) is 0.558. The molecular weight excluding hydrogens is 442 g/mol. The van der Waals surface area contributed by atoms with Gasteiger partial charge in [-0.1, -0.05) is 39.7 Å². The summed E-state index contributed by atoms with van der Waals surface area (Å²) in [6.07, 6.45) is 6.80. The summed E-state index contributed by atoms with van der Waals surface area (Å²) >= 11 is 0. The molecular formula is C27H39N3O3Si. The second-order valence-corrected chi connectivity index (χ2v) is 16.5. The lowest BCUT2D eigenvalue weighted by Gasteiger charge is -2.47. The van der Waals surface area contributed by atoms with Crippen LogP contribution in [0.2, 0.25) is 18.1 Å². The SMILES string of the molecule is Cc1c(-c2ccc3c(c2O)CC3)nnc2c1OCCN2[C@@H]1CCCC[C@H]1O[Si](C)(C)C(C)(C)C. The van der Waals surface area contributed by atoms with Gasteiger partial charge in [0.25, 0.3) is 0 Å². The molecule has 2 atom stereocenters. The number of rotatable bonds is 4. The molecule has 1 aromatic carbocycles. The summed E-state index contributed by atoms with van der Waals surface area (Å²) in [4.78, 5) is 2.40. The van der Waals surface area contributed by atoms with Crippen molar-refractivity contribution in [3.05, 3.63) is 28.8 Å². The molecule has 184 valence electrons. The van der Waals surface area contributed by atoms with Gasteiger partial charge in [0.15, 0.2) is 19.9 Å². The lowest BCUT2D eigenvalue weighted by molar-refractivity contribution is 0.108. The van der Waals surface area contributed by atoms with Gasteiger partial charge in [-0.3, -0.25) is 0 Å². The van der Waals surface area contributed by atoms with E-state index in [-0.39, 0.29) is 17.2 Å². The number of nitrogens with zero attached hydrogens (tertiary/aromatic N) is 3. The molecule has 2 aromatic rings. The smallest absolute Gasteiger partial charge is 0.194 e. The Balaban J connectivity index is 1.48. The van der Waals surface area contributed by atoms with Gasteiger partial charge in [-0.15, -0.1) is 10.2 Å². The van der Waals surface area contributed by atoms with Crippen molar-refractivity contribution in [1.29, 1.82) is 0 Å². The lowest BCUT2D eigenvalue weighted by atomic mass is 9.85. The van der Waals surface area contributed by atoms with Crippen molar-refractivity contribution in [1.82, 2.24) is 10.2 Å². The first-order valence-electron chi connectivity index (χ1n) is 12.9. The van der Waals surface area contributed by atoms with Crippen molar-refractivity contribution in [3.8, 4) is 22.8 Å². The molecule has 0 spiro atoms. The molecule has 0 radical (unpaired) electrons. The normalized spacial score (nSPS) is 22.5. The number of aryl methyl sites for hydroxylation is 1. The van der Waals surface area contributed by atoms with Crippen LogP contribution in [0.15, 0.2) is 12.1 Å². The molecule has 0 saturated heterocycles. The van der Waals surface area contributed by atoms with E-state index in [4.69, 9.17) is 14.3 Å². The second-order valence-electron chi connectivity index (χ2n) is 11.7. The van der Waals surface area contributed by atoms with E-state index in [1.165, 1.54) is 18.4 Å². The maximum atomic E-state index is 10.8. The van der Waals surface area contributed by atoms with Crippen LogP contribution in [0.3, 0.4) is 0 Å². The first kappa shape index (κ1) is 23.6. The lowest BCUT2D eigenvalue weighted by Crippen LogP contribution is -2.55. The van der Waals surface area contributed by atoms with Gasteiger partial charge in [0.2, 0.25) is 0 Å². The highest BCUT2D eigenvalue weighted by atomic mass is 28.4. The summed E-state index contributed by atoms with van der Waals surface area (Å²) < 4.78 is 13.1. The molecule has 34 heavy (non-hydrogen) atoms. The monoisotopic (exact) mass is 481 g/mol. The molecule has 0 unspecified atom stereocenters. The van der Waals surface area contributed by atoms with Crippen molar-refractivity contribution in [2.75, 3.05) is 18.1 Å². The zero-order chi connectivity index (χ0) is 24.3. The molecule has 7 heteroatoms. The molecule has 0 bridgehead atoms. The van der Waals surface area contributed by atoms with Crippen LogP contribution < -0.4 is 9.64 Å². The van der Waals surface area contributed by atoms with Gasteiger partial charge < -0.3 is 19.2 Å². The Morgan fingerprint density at radius 1 is 1.12 bits per heavy atom. The Morgan fingerprint density at radius 3 is 2.59 bits per heavy atom. The van der Waals surface area contributed by atoms with E-state index in [2.05, 4.69) is 49.9 Å². The van der Waals surface area contributed by atoms with Crippen molar-refractivity contribution in [2.45, 2.75) is 96.5 Å². The third-order valence-corrected chi connectivity index (χ3v) is 13.1. The number of hydrogen-bond donors (Lipinski definition) is 1. The van der Waals surface area contributed by atoms with Crippen LogP contribution in [0.25, 0.3) is 11.3 Å². The average molecular weight is 482 g/mol. The molecule has 1 N–H and O–H groups in total. The standard InChI is InChI=1S/C27H39N3O3Si/c1-17-23(20-14-12-18-11-13-19(18)24(20)31)28-29-26-25(17)32-16-15-30(26)21-9-7-8-10-22(21)33-34(5,6)27(2,3)4/h12,14,21-22,31H,7-11,13,15-16H2,1-6H3/t21-,22-/m1/s1. The fourth-order valence-corrected chi connectivity index (χ4v) is 6.76. The zero-order valence-electron chi connectivity index (χ0n) is 21.6. The molecule has 3 aliphatic rings. The van der Waals surface area contributed by atoms with Gasteiger partial charge in [-0.05, 0) is 67.9 Å². The van der Waals surface area contributed by atoms with Crippen LogP contribution in [0.4, 0.5) is 5.82 Å². The van der Waals surface area contributed by atoms with Gasteiger partial charge in [0.1, 0.15) is 18.1 Å². The summed E-state index contributed by atoms with van der Waals surface area (Å²) in [5.41, 5.74) is 4.69. The predicted octanol–water partition coefficient (Wildman–Crippen LogP) is 5.79. The summed E-state index contributed by atoms with van der Waals surface area (Å²) in [6, 6.07) is 4.36. The van der Waals surface area contributed by atoms with E-state index in [0.29, 0.717) is 18.1 Å². The van der Waals surface area contributed by atoms with Crippen LogP contribution in [0.5, 0.6) is 11.5 Å². The number of benzene rings is 1.